The molecule has 118 valence electrons. The van der Waals surface area contributed by atoms with Gasteiger partial charge >= 0.3 is 0 Å². The molecule has 3 N–H and O–H groups in total. The van der Waals surface area contributed by atoms with Crippen molar-refractivity contribution < 1.29 is 5.11 Å². The van der Waals surface area contributed by atoms with Gasteiger partial charge in [-0.3, -0.25) is 0 Å². The second-order valence-corrected chi connectivity index (χ2v) is 5.52. The van der Waals surface area contributed by atoms with Crippen LogP contribution in [-0.4, -0.2) is 20.1 Å². The summed E-state index contributed by atoms with van der Waals surface area (Å²) in [6.45, 7) is 3.88. The Kier molecular flexibility index (Phi) is 4.33. The summed E-state index contributed by atoms with van der Waals surface area (Å²) in [5, 5.41) is 10.8. The van der Waals surface area contributed by atoms with E-state index in [9.17, 15) is 5.11 Å². The number of fused-ring (bicyclic) bond motifs is 1. The van der Waals surface area contributed by atoms with Crippen molar-refractivity contribution in [2.24, 2.45) is 0 Å². The second kappa shape index (κ2) is 6.57. The highest BCUT2D eigenvalue weighted by molar-refractivity contribution is 5.93. The van der Waals surface area contributed by atoms with Crippen LogP contribution < -0.4 is 0 Å². The van der Waals surface area contributed by atoms with Gasteiger partial charge < -0.3 is 15.1 Å². The molecule has 23 heavy (non-hydrogen) atoms. The summed E-state index contributed by atoms with van der Waals surface area (Å²) in [6.07, 6.45) is 13.1. The Bertz CT molecular complexity index is 854. The Hall–Kier alpha value is -2.75. The Morgan fingerprint density at radius 3 is 2.74 bits per heavy atom. The predicted molar refractivity (Wildman–Crippen MR) is 95.2 cm³/mol. The molecule has 0 saturated carbocycles. The molecule has 0 aromatic carbocycles. The van der Waals surface area contributed by atoms with Crippen molar-refractivity contribution in [3.8, 4) is 11.1 Å². The van der Waals surface area contributed by atoms with E-state index in [-0.39, 0.29) is 0 Å². The Morgan fingerprint density at radius 2 is 2.04 bits per heavy atom. The number of aliphatic hydroxyl groups is 1. The molecule has 0 aliphatic rings. The molecule has 0 atom stereocenters. The van der Waals surface area contributed by atoms with Gasteiger partial charge in [-0.25, -0.2) is 4.98 Å². The number of aromatic nitrogens is 3. The van der Waals surface area contributed by atoms with E-state index in [0.717, 1.165) is 34.1 Å². The lowest BCUT2D eigenvalue weighted by Gasteiger charge is -2.06. The zero-order valence-electron chi connectivity index (χ0n) is 13.4. The van der Waals surface area contributed by atoms with Crippen LogP contribution in [0.25, 0.3) is 27.7 Å². The summed E-state index contributed by atoms with van der Waals surface area (Å²) in [5.41, 5.74) is 5.45. The molecule has 0 saturated heterocycles. The smallest absolute Gasteiger partial charge is 0.137 e. The van der Waals surface area contributed by atoms with Gasteiger partial charge in [0.25, 0.3) is 0 Å². The van der Waals surface area contributed by atoms with Crippen molar-refractivity contribution in [3.05, 3.63) is 60.4 Å². The fraction of sp³-hybridized carbons (Fsp3) is 0.211. The maximum absolute atomic E-state index is 9.69. The molecule has 0 amide bonds. The van der Waals surface area contributed by atoms with E-state index in [4.69, 9.17) is 0 Å². The number of allylic oxidation sites excluding steroid dienone is 4. The molecule has 0 bridgehead atoms. The van der Waals surface area contributed by atoms with Crippen molar-refractivity contribution in [2.75, 3.05) is 0 Å². The molecule has 0 fully saturated rings. The third-order valence-corrected chi connectivity index (χ3v) is 4.14. The first-order valence-corrected chi connectivity index (χ1v) is 7.83. The molecule has 3 aromatic rings. The SMILES string of the molecule is C/C=C(/O)CC/C(=C\C)c1c[nH]c2ncc(-c3cc[nH]c3)cc12. The van der Waals surface area contributed by atoms with Crippen LogP contribution in [-0.2, 0) is 0 Å². The van der Waals surface area contributed by atoms with Crippen molar-refractivity contribution in [2.45, 2.75) is 26.7 Å². The molecule has 4 nitrogen and oxygen atoms in total. The molecule has 3 rings (SSSR count). The highest BCUT2D eigenvalue weighted by Gasteiger charge is 2.11. The maximum Gasteiger partial charge on any atom is 0.137 e. The molecule has 0 aliphatic heterocycles. The first kappa shape index (κ1) is 15.2. The van der Waals surface area contributed by atoms with Crippen molar-refractivity contribution >= 4 is 16.6 Å². The maximum atomic E-state index is 9.69. The highest BCUT2D eigenvalue weighted by Crippen LogP contribution is 2.30. The lowest BCUT2D eigenvalue weighted by Crippen LogP contribution is -1.87. The fourth-order valence-corrected chi connectivity index (χ4v) is 2.77. The van der Waals surface area contributed by atoms with Crippen LogP contribution in [0.15, 0.2) is 54.8 Å². The molecule has 4 heteroatoms. The van der Waals surface area contributed by atoms with E-state index in [1.165, 1.54) is 5.57 Å². The number of pyridine rings is 1. The van der Waals surface area contributed by atoms with E-state index < -0.39 is 0 Å². The fourth-order valence-electron chi connectivity index (χ4n) is 2.77. The largest absolute Gasteiger partial charge is 0.513 e. The predicted octanol–water partition coefficient (Wildman–Crippen LogP) is 5.20. The summed E-state index contributed by atoms with van der Waals surface area (Å²) in [4.78, 5) is 10.8. The van der Waals surface area contributed by atoms with E-state index in [2.05, 4.69) is 27.1 Å². The first-order chi connectivity index (χ1) is 11.2. The Balaban J connectivity index is 1.98. The summed E-state index contributed by atoms with van der Waals surface area (Å²) in [6, 6.07) is 4.20. The summed E-state index contributed by atoms with van der Waals surface area (Å²) < 4.78 is 0. The summed E-state index contributed by atoms with van der Waals surface area (Å²) in [7, 11) is 0. The number of hydrogen-bond donors (Lipinski definition) is 3. The zero-order valence-corrected chi connectivity index (χ0v) is 13.4. The third kappa shape index (κ3) is 3.06. The number of H-pyrrole nitrogens is 2. The Labute approximate surface area is 135 Å². The van der Waals surface area contributed by atoms with Crippen LogP contribution in [0.1, 0.15) is 32.3 Å². The average molecular weight is 307 g/mol. The van der Waals surface area contributed by atoms with E-state index in [1.54, 1.807) is 6.08 Å². The lowest BCUT2D eigenvalue weighted by atomic mass is 9.99. The molecule has 3 aromatic heterocycles. The van der Waals surface area contributed by atoms with Crippen LogP contribution >= 0.6 is 0 Å². The van der Waals surface area contributed by atoms with Crippen LogP contribution in [0.4, 0.5) is 0 Å². The second-order valence-electron chi connectivity index (χ2n) is 5.52. The van der Waals surface area contributed by atoms with Crippen molar-refractivity contribution in [1.29, 1.82) is 0 Å². The number of hydrogen-bond acceptors (Lipinski definition) is 2. The number of aromatic amines is 2. The van der Waals surface area contributed by atoms with E-state index >= 15 is 0 Å². The van der Waals surface area contributed by atoms with Gasteiger partial charge in [0.2, 0.25) is 0 Å². The van der Waals surface area contributed by atoms with E-state index in [0.29, 0.717) is 12.2 Å². The minimum absolute atomic E-state index is 0.426. The quantitative estimate of drug-likeness (QED) is 0.567. The van der Waals surface area contributed by atoms with Gasteiger partial charge in [0, 0.05) is 53.3 Å². The lowest BCUT2D eigenvalue weighted by molar-refractivity contribution is 0.389. The minimum Gasteiger partial charge on any atom is -0.513 e. The van der Waals surface area contributed by atoms with Gasteiger partial charge in [-0.2, -0.15) is 0 Å². The summed E-state index contributed by atoms with van der Waals surface area (Å²) >= 11 is 0. The number of nitrogens with zero attached hydrogens (tertiary/aromatic N) is 1. The standard InChI is InChI=1S/C19H21N3O/c1-3-13(5-6-16(23)4-2)18-12-22-19-17(18)9-15(11-21-19)14-7-8-20-10-14/h3-4,7-12,20,23H,5-6H2,1-2H3,(H,21,22)/b13-3+,16-4+. The average Bonchev–Trinajstić information content (AvgIpc) is 3.24. The van der Waals surface area contributed by atoms with Gasteiger partial charge in [-0.05, 0) is 44.1 Å². The normalized spacial score (nSPS) is 13.0. The van der Waals surface area contributed by atoms with Crippen LogP contribution in [0.3, 0.4) is 0 Å². The number of rotatable bonds is 5. The molecular weight excluding hydrogens is 286 g/mol. The minimum atomic E-state index is 0.426. The van der Waals surface area contributed by atoms with Crippen LogP contribution in [0.5, 0.6) is 0 Å². The molecule has 3 heterocycles. The monoisotopic (exact) mass is 307 g/mol. The molecule has 0 aliphatic carbocycles. The Morgan fingerprint density at radius 1 is 1.17 bits per heavy atom. The van der Waals surface area contributed by atoms with Crippen LogP contribution in [0.2, 0.25) is 0 Å². The van der Waals surface area contributed by atoms with Gasteiger partial charge in [0.1, 0.15) is 5.65 Å². The molecule has 0 unspecified atom stereocenters. The number of nitrogens with one attached hydrogen (secondary N) is 2. The molecule has 0 radical (unpaired) electrons. The summed E-state index contributed by atoms with van der Waals surface area (Å²) in [5.74, 6) is 0.426. The molecule has 0 spiro atoms. The molecular formula is C19H21N3O. The van der Waals surface area contributed by atoms with Crippen molar-refractivity contribution in [1.82, 2.24) is 15.0 Å². The van der Waals surface area contributed by atoms with E-state index in [1.807, 2.05) is 44.7 Å². The number of aliphatic hydroxyl groups excluding tert-OH is 1. The zero-order chi connectivity index (χ0) is 16.2. The van der Waals surface area contributed by atoms with Crippen LogP contribution in [0, 0.1) is 0 Å². The first-order valence-electron chi connectivity index (χ1n) is 7.83. The van der Waals surface area contributed by atoms with Gasteiger partial charge in [0.15, 0.2) is 0 Å². The van der Waals surface area contributed by atoms with Gasteiger partial charge in [-0.15, -0.1) is 0 Å². The van der Waals surface area contributed by atoms with Gasteiger partial charge in [-0.1, -0.05) is 6.08 Å². The highest BCUT2D eigenvalue weighted by atomic mass is 16.3. The topological polar surface area (TPSA) is 64.7 Å². The van der Waals surface area contributed by atoms with Crippen molar-refractivity contribution in [3.63, 3.8) is 0 Å². The van der Waals surface area contributed by atoms with Gasteiger partial charge in [0.05, 0.1) is 5.76 Å². The third-order valence-electron chi connectivity index (χ3n) is 4.14.